The largest absolute Gasteiger partial charge is 0.346 e. The van der Waals surface area contributed by atoms with Gasteiger partial charge in [0.05, 0.1) is 35.3 Å². The van der Waals surface area contributed by atoms with Gasteiger partial charge < -0.3 is 10.3 Å². The number of rotatable bonds is 4. The summed E-state index contributed by atoms with van der Waals surface area (Å²) < 4.78 is 1.98. The van der Waals surface area contributed by atoms with Crippen molar-refractivity contribution in [1.29, 1.82) is 5.26 Å². The number of nitrogens with zero attached hydrogens (tertiary/aromatic N) is 5. The van der Waals surface area contributed by atoms with E-state index in [9.17, 15) is 5.26 Å². The van der Waals surface area contributed by atoms with Gasteiger partial charge in [0.15, 0.2) is 0 Å². The normalized spacial score (nSPS) is 16.8. The Kier molecular flexibility index (Phi) is 3.65. The Labute approximate surface area is 139 Å². The standard InChI is InChI=1S/C17H19N7/c18-8-7-17(5-2-1-3-6-17)24-11-13(10-22-24)23-16-14-4-9-19-15(14)20-12-21-16/h4,9-12H,1-3,5-7H2,(H2,19,20,21,23). The number of nitriles is 1. The van der Waals surface area contributed by atoms with Gasteiger partial charge in [0.2, 0.25) is 0 Å². The van der Waals surface area contributed by atoms with Crippen LogP contribution in [0.5, 0.6) is 0 Å². The molecule has 7 heteroatoms. The van der Waals surface area contributed by atoms with E-state index in [1.807, 2.05) is 23.1 Å². The number of H-pyrrole nitrogens is 1. The van der Waals surface area contributed by atoms with E-state index in [0.717, 1.165) is 48.2 Å². The number of hydrogen-bond acceptors (Lipinski definition) is 5. The van der Waals surface area contributed by atoms with Gasteiger partial charge in [-0.05, 0) is 18.9 Å². The first kappa shape index (κ1) is 14.7. The molecule has 24 heavy (non-hydrogen) atoms. The summed E-state index contributed by atoms with van der Waals surface area (Å²) in [7, 11) is 0. The van der Waals surface area contributed by atoms with Gasteiger partial charge in [0, 0.05) is 12.4 Å². The first-order valence-electron chi connectivity index (χ1n) is 8.28. The first-order valence-corrected chi connectivity index (χ1v) is 8.28. The maximum absolute atomic E-state index is 9.25. The van der Waals surface area contributed by atoms with Crippen molar-refractivity contribution in [3.63, 3.8) is 0 Å². The molecule has 4 rings (SSSR count). The van der Waals surface area contributed by atoms with Crippen molar-refractivity contribution >= 4 is 22.5 Å². The molecule has 0 bridgehead atoms. The van der Waals surface area contributed by atoms with E-state index in [1.165, 1.54) is 12.7 Å². The minimum Gasteiger partial charge on any atom is -0.346 e. The van der Waals surface area contributed by atoms with Crippen LogP contribution in [0.3, 0.4) is 0 Å². The second-order valence-corrected chi connectivity index (χ2v) is 6.38. The molecule has 7 nitrogen and oxygen atoms in total. The minimum absolute atomic E-state index is 0.165. The quantitative estimate of drug-likeness (QED) is 0.767. The predicted molar refractivity (Wildman–Crippen MR) is 90.7 cm³/mol. The van der Waals surface area contributed by atoms with Crippen LogP contribution in [0.1, 0.15) is 38.5 Å². The second kappa shape index (κ2) is 5.96. The monoisotopic (exact) mass is 321 g/mol. The third kappa shape index (κ3) is 2.50. The Bertz CT molecular complexity index is 880. The summed E-state index contributed by atoms with van der Waals surface area (Å²) in [4.78, 5) is 11.6. The Morgan fingerprint density at radius 1 is 1.29 bits per heavy atom. The van der Waals surface area contributed by atoms with Crippen LogP contribution in [0.15, 0.2) is 31.0 Å². The highest BCUT2D eigenvalue weighted by atomic mass is 15.3. The summed E-state index contributed by atoms with van der Waals surface area (Å²) in [5.41, 5.74) is 1.51. The fraction of sp³-hybridized carbons (Fsp3) is 0.412. The number of nitrogens with one attached hydrogen (secondary N) is 2. The van der Waals surface area contributed by atoms with Gasteiger partial charge >= 0.3 is 0 Å². The van der Waals surface area contributed by atoms with Crippen LogP contribution < -0.4 is 5.32 Å². The number of fused-ring (bicyclic) bond motifs is 1. The molecule has 0 spiro atoms. The average molecular weight is 321 g/mol. The summed E-state index contributed by atoms with van der Waals surface area (Å²) in [5, 5.41) is 18.1. The molecule has 1 aliphatic rings. The molecular weight excluding hydrogens is 302 g/mol. The zero-order valence-corrected chi connectivity index (χ0v) is 13.4. The lowest BCUT2D eigenvalue weighted by atomic mass is 9.80. The molecule has 0 aromatic carbocycles. The zero-order chi connectivity index (χ0) is 16.4. The molecule has 3 aromatic rings. The number of aromatic amines is 1. The SMILES string of the molecule is N#CCC1(n2cc(Nc3ncnc4[nH]ccc34)cn2)CCCCC1. The van der Waals surface area contributed by atoms with Crippen molar-refractivity contribution in [2.75, 3.05) is 5.32 Å². The van der Waals surface area contributed by atoms with E-state index in [-0.39, 0.29) is 5.54 Å². The Morgan fingerprint density at radius 3 is 3.00 bits per heavy atom. The van der Waals surface area contributed by atoms with Crippen LogP contribution in [0.4, 0.5) is 11.5 Å². The lowest BCUT2D eigenvalue weighted by Gasteiger charge is -2.35. The Balaban J connectivity index is 1.62. The second-order valence-electron chi connectivity index (χ2n) is 6.38. The molecule has 1 saturated carbocycles. The molecule has 0 saturated heterocycles. The molecule has 3 heterocycles. The van der Waals surface area contributed by atoms with Gasteiger partial charge in [-0.2, -0.15) is 10.4 Å². The molecule has 0 atom stereocenters. The van der Waals surface area contributed by atoms with E-state index in [2.05, 4.69) is 31.4 Å². The first-order chi connectivity index (χ1) is 11.8. The van der Waals surface area contributed by atoms with E-state index in [1.54, 1.807) is 6.20 Å². The van der Waals surface area contributed by atoms with Crippen molar-refractivity contribution in [3.8, 4) is 6.07 Å². The molecule has 3 aromatic heterocycles. The summed E-state index contributed by atoms with van der Waals surface area (Å²) in [5.74, 6) is 0.749. The molecule has 0 unspecified atom stereocenters. The predicted octanol–water partition coefficient (Wildman–Crippen LogP) is 3.47. The molecule has 122 valence electrons. The van der Waals surface area contributed by atoms with Crippen molar-refractivity contribution in [2.24, 2.45) is 0 Å². The van der Waals surface area contributed by atoms with E-state index in [0.29, 0.717) is 6.42 Å². The average Bonchev–Trinajstić information content (AvgIpc) is 3.26. The van der Waals surface area contributed by atoms with Gasteiger partial charge in [-0.1, -0.05) is 19.3 Å². The third-order valence-electron chi connectivity index (χ3n) is 4.88. The maximum atomic E-state index is 9.25. The van der Waals surface area contributed by atoms with E-state index in [4.69, 9.17) is 0 Å². The van der Waals surface area contributed by atoms with Crippen LogP contribution in [-0.4, -0.2) is 24.7 Å². The van der Waals surface area contributed by atoms with Crippen LogP contribution in [0.2, 0.25) is 0 Å². The molecule has 0 amide bonds. The summed E-state index contributed by atoms with van der Waals surface area (Å²) in [6, 6.07) is 4.30. The Hall–Kier alpha value is -2.88. The van der Waals surface area contributed by atoms with Crippen molar-refractivity contribution in [1.82, 2.24) is 24.7 Å². The molecule has 0 radical (unpaired) electrons. The van der Waals surface area contributed by atoms with Gasteiger partial charge in [-0.25, -0.2) is 9.97 Å². The van der Waals surface area contributed by atoms with Gasteiger partial charge in [-0.15, -0.1) is 0 Å². The van der Waals surface area contributed by atoms with Gasteiger partial charge in [-0.3, -0.25) is 4.68 Å². The van der Waals surface area contributed by atoms with Gasteiger partial charge in [0.25, 0.3) is 0 Å². The van der Waals surface area contributed by atoms with E-state index < -0.39 is 0 Å². The fourth-order valence-corrected chi connectivity index (χ4v) is 3.60. The highest BCUT2D eigenvalue weighted by Crippen LogP contribution is 2.38. The van der Waals surface area contributed by atoms with Crippen LogP contribution >= 0.6 is 0 Å². The Morgan fingerprint density at radius 2 is 2.17 bits per heavy atom. The highest BCUT2D eigenvalue weighted by Gasteiger charge is 2.34. The maximum Gasteiger partial charge on any atom is 0.143 e. The summed E-state index contributed by atoms with van der Waals surface area (Å²) in [6.45, 7) is 0. The van der Waals surface area contributed by atoms with Crippen LogP contribution in [0, 0.1) is 11.3 Å². The molecule has 2 N–H and O–H groups in total. The summed E-state index contributed by atoms with van der Waals surface area (Å²) in [6.07, 6.45) is 13.2. The number of anilines is 2. The van der Waals surface area contributed by atoms with Crippen molar-refractivity contribution < 1.29 is 0 Å². The third-order valence-corrected chi connectivity index (χ3v) is 4.88. The highest BCUT2D eigenvalue weighted by molar-refractivity contribution is 5.88. The molecule has 0 aliphatic heterocycles. The lowest BCUT2D eigenvalue weighted by molar-refractivity contribution is 0.178. The van der Waals surface area contributed by atoms with Crippen LogP contribution in [0.25, 0.3) is 11.0 Å². The fourth-order valence-electron chi connectivity index (χ4n) is 3.60. The number of aromatic nitrogens is 5. The molecule has 1 fully saturated rings. The molecule has 1 aliphatic carbocycles. The minimum atomic E-state index is -0.165. The topological polar surface area (TPSA) is 95.2 Å². The van der Waals surface area contributed by atoms with E-state index >= 15 is 0 Å². The van der Waals surface area contributed by atoms with Crippen LogP contribution in [-0.2, 0) is 5.54 Å². The molecular formula is C17H19N7. The smallest absolute Gasteiger partial charge is 0.143 e. The zero-order valence-electron chi connectivity index (χ0n) is 13.4. The van der Waals surface area contributed by atoms with Crippen molar-refractivity contribution in [2.45, 2.75) is 44.1 Å². The summed E-state index contributed by atoms with van der Waals surface area (Å²) >= 11 is 0. The number of hydrogen-bond donors (Lipinski definition) is 2. The van der Waals surface area contributed by atoms with Crippen molar-refractivity contribution in [3.05, 3.63) is 31.0 Å². The lowest BCUT2D eigenvalue weighted by Crippen LogP contribution is -2.36. The van der Waals surface area contributed by atoms with Gasteiger partial charge in [0.1, 0.15) is 17.8 Å².